The number of amides is 1. The number of carbonyl (C=O) groups excluding carboxylic acids is 2. The van der Waals surface area contributed by atoms with Gasteiger partial charge in [0.15, 0.2) is 4.80 Å². The smallest absolute Gasteiger partial charge is 0.338 e. The van der Waals surface area contributed by atoms with Crippen LogP contribution < -0.4 is 29.3 Å². The second-order valence-electron chi connectivity index (χ2n) is 10.1. The van der Waals surface area contributed by atoms with Crippen molar-refractivity contribution in [2.24, 2.45) is 4.99 Å². The monoisotopic (exact) mass is 673 g/mol. The molecule has 2 aliphatic rings. The molecule has 9 nitrogen and oxygen atoms in total. The molecule has 6 rings (SSSR count). The van der Waals surface area contributed by atoms with Gasteiger partial charge in [-0.2, -0.15) is 0 Å². The molecule has 0 spiro atoms. The largest absolute Gasteiger partial charge is 0.497 e. The summed E-state index contributed by atoms with van der Waals surface area (Å²) in [6.07, 6.45) is 0. The number of halogens is 1. The summed E-state index contributed by atoms with van der Waals surface area (Å²) in [5.41, 5.74) is 3.27. The summed E-state index contributed by atoms with van der Waals surface area (Å²) in [5.74, 6) is 0.0848. The molecule has 3 heterocycles. The number of nitrogens with zero attached hydrogens (tertiary/aromatic N) is 3. The van der Waals surface area contributed by atoms with Crippen LogP contribution in [0.2, 0.25) is 0 Å². The minimum Gasteiger partial charge on any atom is -0.497 e. The number of allylic oxidation sites excluding steroid dienone is 1. The molecular weight excluding hydrogens is 646 g/mol. The third kappa shape index (κ3) is 4.95. The number of thiazole rings is 1. The van der Waals surface area contributed by atoms with Crippen molar-refractivity contribution in [1.29, 1.82) is 0 Å². The van der Waals surface area contributed by atoms with Crippen LogP contribution in [0.3, 0.4) is 0 Å². The molecule has 0 unspecified atom stereocenters. The van der Waals surface area contributed by atoms with E-state index in [2.05, 4.69) is 20.9 Å². The number of anilines is 1. The molecule has 1 atom stereocenters. The molecule has 2 aliphatic heterocycles. The molecule has 224 valence electrons. The average Bonchev–Trinajstić information content (AvgIpc) is 3.47. The molecule has 11 heteroatoms. The van der Waals surface area contributed by atoms with Gasteiger partial charge in [0.25, 0.3) is 11.5 Å². The maximum Gasteiger partial charge on any atom is 0.338 e. The first-order valence-corrected chi connectivity index (χ1v) is 15.5. The fourth-order valence-electron chi connectivity index (χ4n) is 5.64. The van der Waals surface area contributed by atoms with Crippen molar-refractivity contribution in [3.8, 4) is 11.5 Å². The lowest BCUT2D eigenvalue weighted by molar-refractivity contribution is -0.139. The van der Waals surface area contributed by atoms with Gasteiger partial charge in [-0.15, -0.1) is 0 Å². The van der Waals surface area contributed by atoms with E-state index in [1.165, 1.54) is 18.8 Å². The van der Waals surface area contributed by atoms with Gasteiger partial charge >= 0.3 is 5.97 Å². The van der Waals surface area contributed by atoms with Gasteiger partial charge < -0.3 is 19.1 Å². The molecule has 1 aromatic heterocycles. The van der Waals surface area contributed by atoms with Gasteiger partial charge in [0.2, 0.25) is 0 Å². The van der Waals surface area contributed by atoms with Crippen LogP contribution in [0.25, 0.3) is 5.57 Å². The van der Waals surface area contributed by atoms with Crippen molar-refractivity contribution in [3.63, 3.8) is 0 Å². The van der Waals surface area contributed by atoms with Crippen LogP contribution in [0.5, 0.6) is 11.5 Å². The zero-order chi connectivity index (χ0) is 31.1. The quantitative estimate of drug-likeness (QED) is 0.268. The first-order chi connectivity index (χ1) is 21.3. The van der Waals surface area contributed by atoms with Crippen molar-refractivity contribution in [2.75, 3.05) is 25.7 Å². The lowest BCUT2D eigenvalue weighted by Crippen LogP contribution is -2.41. The second-order valence-corrected chi connectivity index (χ2v) is 12.0. The van der Waals surface area contributed by atoms with Crippen molar-refractivity contribution in [1.82, 2.24) is 4.57 Å². The van der Waals surface area contributed by atoms with E-state index in [9.17, 15) is 14.4 Å². The lowest BCUT2D eigenvalue weighted by atomic mass is 9.94. The number of hydrogen-bond donors (Lipinski definition) is 0. The van der Waals surface area contributed by atoms with E-state index in [1.807, 2.05) is 48.5 Å². The molecule has 0 N–H and O–H groups in total. The molecule has 0 aliphatic carbocycles. The van der Waals surface area contributed by atoms with E-state index in [-0.39, 0.29) is 28.2 Å². The van der Waals surface area contributed by atoms with Gasteiger partial charge in [0, 0.05) is 15.6 Å². The molecule has 0 bridgehead atoms. The Labute approximate surface area is 265 Å². The van der Waals surface area contributed by atoms with Crippen LogP contribution >= 0.6 is 27.3 Å². The molecule has 44 heavy (non-hydrogen) atoms. The number of hydrogen-bond acceptors (Lipinski definition) is 8. The SMILES string of the molecule is CCOC(=O)C1=C(C)N=c2s/c(=C3\C(=O)N(Cc4ccccc4)c4ccc(Br)cc43)c(=O)n2[C@@H]1c1cc(OC)ccc1OC. The molecule has 0 radical (unpaired) electrons. The Balaban J connectivity index is 1.63. The maximum absolute atomic E-state index is 14.5. The van der Waals surface area contributed by atoms with Crippen molar-refractivity contribution >= 4 is 50.4 Å². The fourth-order valence-corrected chi connectivity index (χ4v) is 7.13. The van der Waals surface area contributed by atoms with E-state index in [1.54, 1.807) is 36.9 Å². The van der Waals surface area contributed by atoms with Crippen LogP contribution in [0.15, 0.2) is 92.3 Å². The van der Waals surface area contributed by atoms with Crippen molar-refractivity contribution in [3.05, 3.63) is 119 Å². The van der Waals surface area contributed by atoms with Gasteiger partial charge in [0.1, 0.15) is 22.1 Å². The first-order valence-electron chi connectivity index (χ1n) is 13.9. The Bertz CT molecular complexity index is 2030. The average molecular weight is 675 g/mol. The Morgan fingerprint density at radius 3 is 2.50 bits per heavy atom. The number of esters is 1. The molecule has 0 saturated heterocycles. The van der Waals surface area contributed by atoms with E-state index < -0.39 is 17.6 Å². The number of ether oxygens (including phenoxy) is 3. The van der Waals surface area contributed by atoms with E-state index >= 15 is 0 Å². The Hall–Kier alpha value is -4.48. The molecular formula is C33H28BrN3O6S. The zero-order valence-corrected chi connectivity index (χ0v) is 26.8. The molecule has 0 fully saturated rings. The van der Waals surface area contributed by atoms with Crippen LogP contribution in [0.1, 0.15) is 36.6 Å². The van der Waals surface area contributed by atoms with Gasteiger partial charge in [-0.1, -0.05) is 57.6 Å². The summed E-state index contributed by atoms with van der Waals surface area (Å²) in [5, 5.41) is 0. The number of benzene rings is 3. The summed E-state index contributed by atoms with van der Waals surface area (Å²) in [6.45, 7) is 3.91. The third-order valence-corrected chi connectivity index (χ3v) is 9.16. The Morgan fingerprint density at radius 2 is 1.80 bits per heavy atom. The van der Waals surface area contributed by atoms with Crippen molar-refractivity contribution < 1.29 is 23.8 Å². The second kappa shape index (κ2) is 11.9. The number of rotatable bonds is 7. The van der Waals surface area contributed by atoms with Crippen LogP contribution in [0, 0.1) is 0 Å². The number of methoxy groups -OCH3 is 2. The highest BCUT2D eigenvalue weighted by atomic mass is 79.9. The van der Waals surface area contributed by atoms with Crippen LogP contribution in [-0.2, 0) is 20.9 Å². The van der Waals surface area contributed by atoms with Gasteiger partial charge in [-0.05, 0) is 55.8 Å². The highest BCUT2D eigenvalue weighted by Crippen LogP contribution is 2.40. The third-order valence-electron chi connectivity index (χ3n) is 7.61. The summed E-state index contributed by atoms with van der Waals surface area (Å²) in [6, 6.07) is 19.5. The molecule has 1 amide bonds. The topological polar surface area (TPSA) is 99.4 Å². The number of fused-ring (bicyclic) bond motifs is 2. The van der Waals surface area contributed by atoms with Gasteiger partial charge in [0.05, 0.1) is 49.9 Å². The molecule has 4 aromatic rings. The predicted octanol–water partition coefficient (Wildman–Crippen LogP) is 4.50. The summed E-state index contributed by atoms with van der Waals surface area (Å²) in [7, 11) is 3.06. The minimum atomic E-state index is -0.941. The minimum absolute atomic E-state index is 0.142. The summed E-state index contributed by atoms with van der Waals surface area (Å²) in [4.78, 5) is 48.8. The van der Waals surface area contributed by atoms with Crippen molar-refractivity contribution in [2.45, 2.75) is 26.4 Å². The maximum atomic E-state index is 14.5. The molecule has 0 saturated carbocycles. The standard InChI is InChI=1S/C33H28BrN3O6S/c1-5-43-32(40)26-18(2)35-33-37(28(26)23-16-21(41-3)12-14-25(23)42-4)31(39)29(44-33)27-22-15-20(34)11-13-24(22)36(30(27)38)17-19-9-7-6-8-10-19/h6-16,28H,5,17H2,1-4H3/b29-27-/t28-/m1/s1. The normalized spacial score (nSPS) is 16.8. The zero-order valence-electron chi connectivity index (χ0n) is 24.4. The van der Waals surface area contributed by atoms with E-state index in [0.717, 1.165) is 21.4 Å². The van der Waals surface area contributed by atoms with E-state index in [4.69, 9.17) is 14.2 Å². The Morgan fingerprint density at radius 1 is 1.02 bits per heavy atom. The van der Waals surface area contributed by atoms with E-state index in [0.29, 0.717) is 45.4 Å². The summed E-state index contributed by atoms with van der Waals surface area (Å²) >= 11 is 4.66. The Kier molecular flexibility index (Phi) is 8.00. The van der Waals surface area contributed by atoms with Crippen LogP contribution in [0.4, 0.5) is 5.69 Å². The lowest BCUT2D eigenvalue weighted by Gasteiger charge is -2.26. The predicted molar refractivity (Wildman–Crippen MR) is 171 cm³/mol. The van der Waals surface area contributed by atoms with Gasteiger partial charge in [-0.25, -0.2) is 9.79 Å². The number of aromatic nitrogens is 1. The number of carbonyl (C=O) groups is 2. The highest BCUT2D eigenvalue weighted by molar-refractivity contribution is 9.10. The fraction of sp³-hybridized carbons (Fsp3) is 0.212. The first kappa shape index (κ1) is 29.6. The summed E-state index contributed by atoms with van der Waals surface area (Å²) < 4.78 is 19.1. The van der Waals surface area contributed by atoms with Gasteiger partial charge in [-0.3, -0.25) is 14.2 Å². The highest BCUT2D eigenvalue weighted by Gasteiger charge is 2.38. The van der Waals surface area contributed by atoms with Crippen LogP contribution in [-0.4, -0.2) is 37.3 Å². The molecule has 3 aromatic carbocycles.